The zero-order chi connectivity index (χ0) is 66.7. The largest absolute Gasteiger partial charge is 0.480 e. The van der Waals surface area contributed by atoms with Gasteiger partial charge in [-0.15, -0.1) is 0 Å². The highest BCUT2D eigenvalue weighted by atomic mass is 16.4. The Labute approximate surface area is 543 Å². The molecule has 93 heavy (non-hydrogen) atoms. The molecule has 5 aliphatic heterocycles. The molecular weight excluding hydrogens is 1210 g/mol. The first-order chi connectivity index (χ1) is 44.3. The predicted molar refractivity (Wildman–Crippen MR) is 335 cm³/mol. The van der Waals surface area contributed by atoms with Crippen LogP contribution in [0.15, 0.2) is 0 Å². The molecule has 34 heteroatoms. The van der Waals surface area contributed by atoms with Crippen molar-refractivity contribution in [2.75, 3.05) is 170 Å². The van der Waals surface area contributed by atoms with E-state index in [2.05, 4.69) is 36.4 Å². The van der Waals surface area contributed by atoms with Gasteiger partial charge in [-0.2, -0.15) is 0 Å². The Morgan fingerprint density at radius 2 is 0.796 bits per heavy atom. The zero-order valence-electron chi connectivity index (χ0n) is 53.8. The van der Waals surface area contributed by atoms with Crippen molar-refractivity contribution in [3.05, 3.63) is 0 Å². The summed E-state index contributed by atoms with van der Waals surface area (Å²) in [6.45, 7) is 6.93. The van der Waals surface area contributed by atoms with Crippen LogP contribution >= 0.6 is 0 Å². The molecular formula is C59H99B2N15O17. The summed E-state index contributed by atoms with van der Waals surface area (Å²) in [6.07, 6.45) is 11.4. The van der Waals surface area contributed by atoms with E-state index in [0.29, 0.717) is 91.1 Å². The van der Waals surface area contributed by atoms with Crippen LogP contribution in [0, 0.1) is 10.8 Å². The van der Waals surface area contributed by atoms with Crippen molar-refractivity contribution in [3.8, 4) is 0 Å². The maximum Gasteiger partial charge on any atom is 0.475 e. The fraction of sp³-hybridized carbons (Fsp3) is 0.831. The fourth-order valence-corrected chi connectivity index (χ4v) is 16.6. The number of carboxylic acid groups (broad SMARTS) is 3. The number of rotatable bonds is 29. The molecule has 0 spiro atoms. The Bertz CT molecular complexity index is 2620. The molecule has 32 nitrogen and oxygen atoms in total. The van der Waals surface area contributed by atoms with Crippen molar-refractivity contribution in [2.24, 2.45) is 10.8 Å². The van der Waals surface area contributed by atoms with Crippen LogP contribution in [0.1, 0.15) is 103 Å². The number of amides is 9. The van der Waals surface area contributed by atoms with Gasteiger partial charge in [0.05, 0.1) is 51.2 Å². The third kappa shape index (κ3) is 19.4. The van der Waals surface area contributed by atoms with Gasteiger partial charge in [0.25, 0.3) is 0 Å². The van der Waals surface area contributed by atoms with Crippen molar-refractivity contribution in [1.29, 1.82) is 0 Å². The van der Waals surface area contributed by atoms with Gasteiger partial charge in [0.2, 0.25) is 29.5 Å². The quantitative estimate of drug-likeness (QED) is 0.0312. The molecule has 12 N–H and O–H groups in total. The second kappa shape index (κ2) is 31.7. The van der Waals surface area contributed by atoms with Crippen LogP contribution < -0.4 is 26.6 Å². The molecule has 3 atom stereocenters. The molecule has 11 rings (SSSR count). The standard InChI is InChI=1S/C59H99B2N15O17/c77-46(33-69-15-17-70(34-50(81)82)19-21-72(36-52(85)86)22-20-71(18-16-69)35-51(83)84)64-43(53(87)74-29-25-68(26-30-74)12-4-10-57-40-59(41-57,42-57)66-55(89)63-32-49(80)76-14-2-6-45(76)61(92)93)7-8-47(78)73-27-23-67(24-28-73)11-3-9-56-37-58(38-56,39-56)65-54(88)62-31-48(79)75-13-1-5-44(75)60(90)91/h43-45,90-93H,1-42H2,(H,64,77)(H,81,82)(H,83,84)(H,85,86)(H2,62,65,88)(H2,63,66,89)/t43-,44-,45-,56?,57?,58?,59?/m0/s1. The van der Waals surface area contributed by atoms with Crippen molar-refractivity contribution in [1.82, 2.24) is 75.6 Å². The number of carboxylic acids is 3. The lowest BCUT2D eigenvalue weighted by molar-refractivity contribution is -0.153. The monoisotopic (exact) mass is 1310 g/mol. The van der Waals surface area contributed by atoms with Gasteiger partial charge in [0, 0.05) is 135 Å². The fourth-order valence-electron chi connectivity index (χ4n) is 16.6. The van der Waals surface area contributed by atoms with Gasteiger partial charge in [-0.1, -0.05) is 0 Å². The third-order valence-electron chi connectivity index (χ3n) is 21.2. The molecule has 4 bridgehead atoms. The highest BCUT2D eigenvalue weighted by molar-refractivity contribution is 6.44. The van der Waals surface area contributed by atoms with E-state index in [-0.39, 0.29) is 150 Å². The summed E-state index contributed by atoms with van der Waals surface area (Å²) in [6, 6.07) is -1.87. The van der Waals surface area contributed by atoms with E-state index >= 15 is 0 Å². The predicted octanol–water partition coefficient (Wildman–Crippen LogP) is -4.97. The highest BCUT2D eigenvalue weighted by Crippen LogP contribution is 2.70. The molecule has 0 aromatic heterocycles. The van der Waals surface area contributed by atoms with E-state index in [0.717, 1.165) is 77.3 Å². The molecule has 5 saturated heterocycles. The first-order valence-electron chi connectivity index (χ1n) is 33.6. The van der Waals surface area contributed by atoms with Gasteiger partial charge in [-0.3, -0.25) is 67.8 Å². The van der Waals surface area contributed by atoms with Crippen LogP contribution in [0.4, 0.5) is 9.59 Å². The van der Waals surface area contributed by atoms with Crippen LogP contribution in [-0.4, -0.2) is 357 Å². The number of aliphatic carboxylic acids is 3. The number of hydrogen-bond acceptors (Lipinski definition) is 20. The lowest BCUT2D eigenvalue weighted by atomic mass is 9.38. The summed E-state index contributed by atoms with van der Waals surface area (Å²) >= 11 is 0. The van der Waals surface area contributed by atoms with Crippen LogP contribution in [0.25, 0.3) is 0 Å². The number of piperazine rings is 2. The Kier molecular flexibility index (Phi) is 24.3. The topological polar surface area (TPSA) is 405 Å². The summed E-state index contributed by atoms with van der Waals surface area (Å²) in [7, 11) is -3.25. The van der Waals surface area contributed by atoms with Crippen molar-refractivity contribution in [2.45, 2.75) is 132 Å². The average molecular weight is 1310 g/mol. The molecule has 518 valence electrons. The SMILES string of the molecule is O=C(O)CN1CCN(CC(=O)O)CCN(CC(=O)N[C@@H](CCC(=O)N2CCN(CCCC34CC(NC(=O)NCC(=O)N5CCC[C@H]5B(O)O)(C3)C4)CC2)C(=O)N2CCN(CCCC34CC(NC(=O)NCC(=O)N5CCC[C@H]5B(O)O)(C3)C4)CC2)CCN(CC(=O)O)CC1. The van der Waals surface area contributed by atoms with E-state index < -0.39 is 68.0 Å². The van der Waals surface area contributed by atoms with E-state index in [1.165, 1.54) is 9.80 Å². The second-order valence-corrected chi connectivity index (χ2v) is 28.2. The van der Waals surface area contributed by atoms with Crippen LogP contribution in [0.3, 0.4) is 0 Å². The molecule has 0 aromatic carbocycles. The average Bonchev–Trinajstić information content (AvgIpc) is 1.52. The summed E-state index contributed by atoms with van der Waals surface area (Å²) in [4.78, 5) is 147. The van der Waals surface area contributed by atoms with E-state index in [1.54, 1.807) is 29.4 Å². The van der Waals surface area contributed by atoms with Gasteiger partial charge >= 0.3 is 44.2 Å². The second-order valence-electron chi connectivity index (χ2n) is 28.2. The Hall–Kier alpha value is -5.97. The molecule has 11 fully saturated rings. The molecule has 11 aliphatic rings. The van der Waals surface area contributed by atoms with Gasteiger partial charge in [0.1, 0.15) is 6.04 Å². The zero-order valence-corrected chi connectivity index (χ0v) is 53.8. The molecule has 0 radical (unpaired) electrons. The normalized spacial score (nSPS) is 28.4. The molecule has 6 aliphatic carbocycles. The maximum atomic E-state index is 14.6. The number of carbonyl (C=O) groups excluding carboxylic acids is 7. The minimum absolute atomic E-state index is 0.00613. The minimum Gasteiger partial charge on any atom is -0.480 e. The van der Waals surface area contributed by atoms with E-state index in [4.69, 9.17) is 0 Å². The van der Waals surface area contributed by atoms with Gasteiger partial charge in [-0.05, 0) is 120 Å². The van der Waals surface area contributed by atoms with Crippen molar-refractivity contribution < 1.29 is 83.4 Å². The Balaban J connectivity index is 0.727. The lowest BCUT2D eigenvalue weighted by Crippen LogP contribution is -2.75. The summed E-state index contributed by atoms with van der Waals surface area (Å²) in [5.74, 6) is -6.19. The number of likely N-dealkylation sites (tertiary alicyclic amines) is 2. The first-order valence-corrected chi connectivity index (χ1v) is 33.6. The summed E-state index contributed by atoms with van der Waals surface area (Å²) in [5, 5.41) is 81.9. The number of nitrogens with one attached hydrogen (secondary N) is 5. The van der Waals surface area contributed by atoms with Crippen LogP contribution in [-0.2, 0) is 38.4 Å². The van der Waals surface area contributed by atoms with Gasteiger partial charge in [0.15, 0.2) is 0 Å². The van der Waals surface area contributed by atoms with Gasteiger partial charge < -0.3 is 81.6 Å². The molecule has 9 amide bonds. The molecule has 0 unspecified atom stereocenters. The van der Waals surface area contributed by atoms with Crippen molar-refractivity contribution in [3.63, 3.8) is 0 Å². The van der Waals surface area contributed by atoms with Crippen molar-refractivity contribution >= 4 is 73.7 Å². The van der Waals surface area contributed by atoms with E-state index in [9.17, 15) is 83.4 Å². The number of hydrogen-bond donors (Lipinski definition) is 12. The number of nitrogens with zero attached hydrogens (tertiary/aromatic N) is 10. The summed E-state index contributed by atoms with van der Waals surface area (Å²) < 4.78 is 0. The first kappa shape index (κ1) is 71.3. The molecule has 0 aromatic rings. The summed E-state index contributed by atoms with van der Waals surface area (Å²) in [5.41, 5.74) is -0.239. The van der Waals surface area contributed by atoms with Crippen LogP contribution in [0.5, 0.6) is 0 Å². The van der Waals surface area contributed by atoms with E-state index in [1.807, 2.05) is 0 Å². The lowest BCUT2D eigenvalue weighted by Gasteiger charge is -2.71. The highest BCUT2D eigenvalue weighted by Gasteiger charge is 2.68. The third-order valence-corrected chi connectivity index (χ3v) is 21.2. The number of carbonyl (C=O) groups is 10. The maximum absolute atomic E-state index is 14.6. The minimum atomic E-state index is -1.63. The van der Waals surface area contributed by atoms with Crippen LogP contribution in [0.2, 0.25) is 0 Å². The Morgan fingerprint density at radius 1 is 0.441 bits per heavy atom. The Morgan fingerprint density at radius 3 is 1.16 bits per heavy atom. The van der Waals surface area contributed by atoms with Gasteiger partial charge in [-0.25, -0.2) is 9.59 Å². The smallest absolute Gasteiger partial charge is 0.475 e. The number of urea groups is 2. The molecule has 6 saturated carbocycles. The molecule has 5 heterocycles.